The van der Waals surface area contributed by atoms with Gasteiger partial charge in [0.25, 0.3) is 0 Å². The van der Waals surface area contributed by atoms with Crippen LogP contribution in [0.5, 0.6) is 0 Å². The standard InChI is InChI=1S/C14H21BrN4O/c15-12-10-11(14(16)20)2-3-13(12)18-4-1-7-19-8-5-17-6-9-19/h2-3,10,17-18H,1,4-9H2,(H2,16,20). The molecule has 4 N–H and O–H groups in total. The maximum Gasteiger partial charge on any atom is 0.248 e. The van der Waals surface area contributed by atoms with Gasteiger partial charge in [-0.2, -0.15) is 0 Å². The van der Waals surface area contributed by atoms with Crippen LogP contribution in [0.4, 0.5) is 5.69 Å². The average Bonchev–Trinajstić information content (AvgIpc) is 2.46. The summed E-state index contributed by atoms with van der Waals surface area (Å²) in [6.45, 7) is 6.49. The summed E-state index contributed by atoms with van der Waals surface area (Å²) in [7, 11) is 0. The van der Waals surface area contributed by atoms with Crippen LogP contribution in [0.2, 0.25) is 0 Å². The summed E-state index contributed by atoms with van der Waals surface area (Å²) in [5.74, 6) is -0.407. The normalized spacial score (nSPS) is 16.1. The molecule has 2 rings (SSSR count). The summed E-state index contributed by atoms with van der Waals surface area (Å²) in [5.41, 5.74) is 6.76. The number of carbonyl (C=O) groups is 1. The lowest BCUT2D eigenvalue weighted by molar-refractivity contribution is 0.100. The lowest BCUT2D eigenvalue weighted by Gasteiger charge is -2.27. The quantitative estimate of drug-likeness (QED) is 0.682. The van der Waals surface area contributed by atoms with Gasteiger partial charge in [-0.25, -0.2) is 0 Å². The van der Waals surface area contributed by atoms with Crippen LogP contribution in [0.1, 0.15) is 16.8 Å². The van der Waals surface area contributed by atoms with E-state index in [9.17, 15) is 4.79 Å². The molecule has 5 nitrogen and oxygen atoms in total. The molecule has 1 saturated heterocycles. The number of primary amides is 1. The topological polar surface area (TPSA) is 70.4 Å². The van der Waals surface area contributed by atoms with E-state index in [1.54, 1.807) is 12.1 Å². The molecule has 1 fully saturated rings. The van der Waals surface area contributed by atoms with Gasteiger partial charge in [0.05, 0.1) is 0 Å². The van der Waals surface area contributed by atoms with Gasteiger partial charge in [0.15, 0.2) is 0 Å². The van der Waals surface area contributed by atoms with Gasteiger partial charge >= 0.3 is 0 Å². The Hall–Kier alpha value is -1.11. The molecule has 20 heavy (non-hydrogen) atoms. The van der Waals surface area contributed by atoms with E-state index in [0.29, 0.717) is 5.56 Å². The molecule has 1 aromatic carbocycles. The Morgan fingerprint density at radius 2 is 2.15 bits per heavy atom. The van der Waals surface area contributed by atoms with Crippen LogP contribution in [0, 0.1) is 0 Å². The fourth-order valence-electron chi connectivity index (χ4n) is 2.27. The first kappa shape index (κ1) is 15.3. The van der Waals surface area contributed by atoms with Gasteiger partial charge in [-0.3, -0.25) is 4.79 Å². The molecule has 0 aliphatic carbocycles. The van der Waals surface area contributed by atoms with Gasteiger partial charge in [0.2, 0.25) is 5.91 Å². The number of benzene rings is 1. The summed E-state index contributed by atoms with van der Waals surface area (Å²) in [4.78, 5) is 13.5. The van der Waals surface area contributed by atoms with Crippen molar-refractivity contribution in [2.45, 2.75) is 6.42 Å². The number of anilines is 1. The summed E-state index contributed by atoms with van der Waals surface area (Å²) in [5, 5.41) is 6.73. The Morgan fingerprint density at radius 3 is 2.80 bits per heavy atom. The summed E-state index contributed by atoms with van der Waals surface area (Å²) in [6.07, 6.45) is 1.10. The number of hydrogen-bond acceptors (Lipinski definition) is 4. The first-order chi connectivity index (χ1) is 9.66. The highest BCUT2D eigenvalue weighted by molar-refractivity contribution is 9.10. The minimum Gasteiger partial charge on any atom is -0.384 e. The molecular formula is C14H21BrN4O. The molecule has 1 heterocycles. The average molecular weight is 341 g/mol. The van der Waals surface area contributed by atoms with Gasteiger partial charge < -0.3 is 21.3 Å². The van der Waals surface area contributed by atoms with Gasteiger partial charge in [0.1, 0.15) is 0 Å². The third kappa shape index (κ3) is 4.47. The lowest BCUT2D eigenvalue weighted by Crippen LogP contribution is -2.44. The predicted molar refractivity (Wildman–Crippen MR) is 85.1 cm³/mol. The van der Waals surface area contributed by atoms with Crippen molar-refractivity contribution in [3.05, 3.63) is 28.2 Å². The molecule has 0 spiro atoms. The number of amides is 1. The molecule has 0 aromatic heterocycles. The molecule has 1 aromatic rings. The fourth-order valence-corrected chi connectivity index (χ4v) is 2.79. The largest absolute Gasteiger partial charge is 0.384 e. The van der Waals surface area contributed by atoms with Crippen LogP contribution in [-0.4, -0.2) is 50.1 Å². The van der Waals surface area contributed by atoms with E-state index >= 15 is 0 Å². The number of piperazine rings is 1. The second-order valence-corrected chi connectivity index (χ2v) is 5.79. The zero-order chi connectivity index (χ0) is 14.4. The van der Waals surface area contributed by atoms with Crippen molar-refractivity contribution in [2.24, 2.45) is 5.73 Å². The zero-order valence-corrected chi connectivity index (χ0v) is 13.1. The first-order valence-corrected chi connectivity index (χ1v) is 7.72. The minimum absolute atomic E-state index is 0.407. The van der Waals surface area contributed by atoms with E-state index < -0.39 is 5.91 Å². The smallest absolute Gasteiger partial charge is 0.248 e. The van der Waals surface area contributed by atoms with Crippen LogP contribution in [0.25, 0.3) is 0 Å². The van der Waals surface area contributed by atoms with Crippen LogP contribution < -0.4 is 16.4 Å². The Balaban J connectivity index is 1.74. The number of halogens is 1. The van der Waals surface area contributed by atoms with Gasteiger partial charge in [0, 0.05) is 48.4 Å². The second-order valence-electron chi connectivity index (χ2n) is 4.93. The molecular weight excluding hydrogens is 320 g/mol. The van der Waals surface area contributed by atoms with Crippen molar-refractivity contribution in [2.75, 3.05) is 44.6 Å². The zero-order valence-electron chi connectivity index (χ0n) is 11.5. The van der Waals surface area contributed by atoms with Gasteiger partial charge in [-0.05, 0) is 47.1 Å². The third-order valence-corrected chi connectivity index (χ3v) is 4.09. The monoisotopic (exact) mass is 340 g/mol. The van der Waals surface area contributed by atoms with Crippen molar-refractivity contribution in [3.8, 4) is 0 Å². The van der Waals surface area contributed by atoms with Crippen LogP contribution in [0.15, 0.2) is 22.7 Å². The first-order valence-electron chi connectivity index (χ1n) is 6.93. The molecule has 1 amide bonds. The number of nitrogens with one attached hydrogen (secondary N) is 2. The Bertz CT molecular complexity index is 460. The number of hydrogen-bond donors (Lipinski definition) is 3. The van der Waals surface area contributed by atoms with Crippen LogP contribution >= 0.6 is 15.9 Å². The molecule has 110 valence electrons. The van der Waals surface area contributed by atoms with Crippen molar-refractivity contribution in [3.63, 3.8) is 0 Å². The maximum atomic E-state index is 11.1. The van der Waals surface area contributed by atoms with Crippen molar-refractivity contribution >= 4 is 27.5 Å². The van der Waals surface area contributed by atoms with Gasteiger partial charge in [-0.15, -0.1) is 0 Å². The fraction of sp³-hybridized carbons (Fsp3) is 0.500. The van der Waals surface area contributed by atoms with E-state index in [4.69, 9.17) is 5.73 Å². The minimum atomic E-state index is -0.407. The SMILES string of the molecule is NC(=O)c1ccc(NCCCN2CCNCC2)c(Br)c1. The third-order valence-electron chi connectivity index (χ3n) is 3.43. The molecule has 6 heteroatoms. The molecule has 0 saturated carbocycles. The highest BCUT2D eigenvalue weighted by atomic mass is 79.9. The van der Waals surface area contributed by atoms with E-state index in [1.807, 2.05) is 6.07 Å². The highest BCUT2D eigenvalue weighted by Crippen LogP contribution is 2.23. The Morgan fingerprint density at radius 1 is 1.40 bits per heavy atom. The lowest BCUT2D eigenvalue weighted by atomic mass is 10.2. The van der Waals surface area contributed by atoms with E-state index in [2.05, 4.69) is 31.5 Å². The van der Waals surface area contributed by atoms with Crippen molar-refractivity contribution < 1.29 is 4.79 Å². The predicted octanol–water partition coefficient (Wildman–Crippen LogP) is 1.26. The molecule has 0 atom stereocenters. The maximum absolute atomic E-state index is 11.1. The van der Waals surface area contributed by atoms with Gasteiger partial charge in [-0.1, -0.05) is 0 Å². The summed E-state index contributed by atoms with van der Waals surface area (Å²) in [6, 6.07) is 5.38. The number of carbonyl (C=O) groups excluding carboxylic acids is 1. The Labute approximate surface area is 128 Å². The molecule has 1 aliphatic rings. The number of rotatable bonds is 6. The summed E-state index contributed by atoms with van der Waals surface area (Å²) < 4.78 is 0.871. The van der Waals surface area contributed by atoms with E-state index in [0.717, 1.165) is 55.8 Å². The van der Waals surface area contributed by atoms with Crippen LogP contribution in [-0.2, 0) is 0 Å². The van der Waals surface area contributed by atoms with E-state index in [1.165, 1.54) is 0 Å². The van der Waals surface area contributed by atoms with E-state index in [-0.39, 0.29) is 0 Å². The van der Waals surface area contributed by atoms with Crippen molar-refractivity contribution in [1.82, 2.24) is 10.2 Å². The molecule has 0 bridgehead atoms. The van der Waals surface area contributed by atoms with Crippen LogP contribution in [0.3, 0.4) is 0 Å². The molecule has 0 radical (unpaired) electrons. The highest BCUT2D eigenvalue weighted by Gasteiger charge is 2.09. The molecule has 1 aliphatic heterocycles. The number of nitrogens with zero attached hydrogens (tertiary/aromatic N) is 1. The van der Waals surface area contributed by atoms with Crippen molar-refractivity contribution in [1.29, 1.82) is 0 Å². The summed E-state index contributed by atoms with van der Waals surface area (Å²) >= 11 is 3.46. The second kappa shape index (κ2) is 7.61. The Kier molecular flexibility index (Phi) is 5.82. The number of nitrogens with two attached hydrogens (primary N) is 1. The molecule has 0 unspecified atom stereocenters.